The second-order valence-corrected chi connectivity index (χ2v) is 8.49. The maximum atomic E-state index is 13.0. The van der Waals surface area contributed by atoms with Crippen LogP contribution in [-0.4, -0.2) is 29.5 Å². The van der Waals surface area contributed by atoms with Gasteiger partial charge in [0.25, 0.3) is 5.91 Å². The molecule has 5 rings (SSSR count). The van der Waals surface area contributed by atoms with E-state index in [1.165, 1.54) is 46.8 Å². The fraction of sp³-hybridized carbons (Fsp3) is 0.160. The van der Waals surface area contributed by atoms with Crippen LogP contribution in [-0.2, 0) is 22.7 Å². The van der Waals surface area contributed by atoms with Crippen molar-refractivity contribution in [3.05, 3.63) is 94.6 Å². The number of anilines is 1. The number of amides is 1. The number of halogens is 1. The first-order chi connectivity index (χ1) is 17.1. The van der Waals surface area contributed by atoms with Crippen molar-refractivity contribution >= 4 is 28.9 Å². The molecule has 0 unspecified atom stereocenters. The molecule has 0 spiro atoms. The number of benzene rings is 2. The van der Waals surface area contributed by atoms with Gasteiger partial charge in [-0.05, 0) is 48.5 Å². The zero-order chi connectivity index (χ0) is 24.2. The predicted molar refractivity (Wildman–Crippen MR) is 124 cm³/mol. The summed E-state index contributed by atoms with van der Waals surface area (Å²) in [6.07, 6.45) is 0.404. The molecule has 0 aliphatic carbocycles. The molecule has 2 aromatic carbocycles. The van der Waals surface area contributed by atoms with Gasteiger partial charge in [-0.25, -0.2) is 14.2 Å². The summed E-state index contributed by atoms with van der Waals surface area (Å²) in [6, 6.07) is 15.9. The van der Waals surface area contributed by atoms with Crippen LogP contribution in [0.2, 0.25) is 0 Å². The lowest BCUT2D eigenvalue weighted by molar-refractivity contribution is -0.153. The van der Waals surface area contributed by atoms with E-state index >= 15 is 0 Å². The molecule has 1 amide bonds. The largest absolute Gasteiger partial charge is 0.486 e. The molecule has 178 valence electrons. The Labute approximate surface area is 203 Å². The highest BCUT2D eigenvalue weighted by molar-refractivity contribution is 7.09. The number of thiazole rings is 1. The number of hydrogen-bond donors (Lipinski definition) is 0. The number of carbonyl (C=O) groups excluding carboxylic acids is 2. The summed E-state index contributed by atoms with van der Waals surface area (Å²) in [5.41, 5.74) is 1.10. The smallest absolute Gasteiger partial charge is 0.349 e. The van der Waals surface area contributed by atoms with Crippen LogP contribution >= 0.6 is 11.3 Å². The number of rotatable bonds is 7. The van der Waals surface area contributed by atoms with Gasteiger partial charge in [0.2, 0.25) is 6.10 Å². The van der Waals surface area contributed by atoms with Crippen LogP contribution < -0.4 is 14.4 Å². The molecule has 0 bridgehead atoms. The minimum atomic E-state index is -1.01. The Hall–Kier alpha value is -4.18. The minimum absolute atomic E-state index is 0.0246. The van der Waals surface area contributed by atoms with Crippen molar-refractivity contribution in [2.75, 3.05) is 11.4 Å². The van der Waals surface area contributed by atoms with Gasteiger partial charge in [0.15, 0.2) is 5.76 Å². The summed E-state index contributed by atoms with van der Waals surface area (Å²) >= 11 is 1.36. The summed E-state index contributed by atoms with van der Waals surface area (Å²) in [6.45, 7) is 0.124. The number of fused-ring (bicyclic) bond motifs is 1. The van der Waals surface area contributed by atoms with Gasteiger partial charge in [0.1, 0.15) is 35.5 Å². The molecule has 2 aromatic heterocycles. The first kappa shape index (κ1) is 22.6. The topological polar surface area (TPSA) is 91.1 Å². The van der Waals surface area contributed by atoms with Crippen LogP contribution in [0, 0.1) is 5.82 Å². The van der Waals surface area contributed by atoms with Crippen LogP contribution in [0.1, 0.15) is 21.3 Å². The first-order valence-corrected chi connectivity index (χ1v) is 11.5. The standard InChI is InChI=1S/C25H19FN2O6S/c26-16-7-9-18(10-8-16)32-14-23-27-17(15-35-23)13-33-25(30)22-12-28(24(29)21-6-3-11-31-21)19-4-1-2-5-20(19)34-22/h1-11,15,22H,12-14H2/t22-/m0/s1. The van der Waals surface area contributed by atoms with Crippen molar-refractivity contribution in [3.8, 4) is 11.5 Å². The average Bonchev–Trinajstić information content (AvgIpc) is 3.58. The van der Waals surface area contributed by atoms with Gasteiger partial charge in [0, 0.05) is 5.38 Å². The van der Waals surface area contributed by atoms with Crippen molar-refractivity contribution in [1.82, 2.24) is 4.98 Å². The van der Waals surface area contributed by atoms with Gasteiger partial charge in [-0.1, -0.05) is 12.1 Å². The Morgan fingerprint density at radius 3 is 2.71 bits per heavy atom. The Morgan fingerprint density at radius 1 is 1.09 bits per heavy atom. The lowest BCUT2D eigenvalue weighted by atomic mass is 10.1. The highest BCUT2D eigenvalue weighted by Crippen LogP contribution is 2.34. The van der Waals surface area contributed by atoms with Crippen molar-refractivity contribution in [1.29, 1.82) is 0 Å². The van der Waals surface area contributed by atoms with E-state index < -0.39 is 12.1 Å². The number of aromatic nitrogens is 1. The highest BCUT2D eigenvalue weighted by Gasteiger charge is 2.36. The van der Waals surface area contributed by atoms with Crippen LogP contribution in [0.5, 0.6) is 11.5 Å². The molecule has 1 aliphatic heterocycles. The maximum absolute atomic E-state index is 13.0. The lowest BCUT2D eigenvalue weighted by Gasteiger charge is -2.33. The Morgan fingerprint density at radius 2 is 1.91 bits per heavy atom. The number of esters is 1. The van der Waals surface area contributed by atoms with Gasteiger partial charge < -0.3 is 18.6 Å². The number of ether oxygens (including phenoxy) is 3. The zero-order valence-corrected chi connectivity index (χ0v) is 19.1. The summed E-state index contributed by atoms with van der Waals surface area (Å²) in [5, 5.41) is 2.44. The van der Waals surface area contributed by atoms with E-state index in [0.29, 0.717) is 27.9 Å². The molecule has 0 saturated heterocycles. The van der Waals surface area contributed by atoms with Crippen LogP contribution in [0.4, 0.5) is 10.1 Å². The van der Waals surface area contributed by atoms with E-state index in [4.69, 9.17) is 18.6 Å². The summed E-state index contributed by atoms with van der Waals surface area (Å²) in [5.74, 6) is -0.253. The van der Waals surface area contributed by atoms with Gasteiger partial charge >= 0.3 is 5.97 Å². The van der Waals surface area contributed by atoms with Crippen molar-refractivity contribution in [3.63, 3.8) is 0 Å². The molecule has 10 heteroatoms. The number of carbonyl (C=O) groups is 2. The lowest BCUT2D eigenvalue weighted by Crippen LogP contribution is -2.47. The van der Waals surface area contributed by atoms with Gasteiger partial charge in [0.05, 0.1) is 24.2 Å². The number of furan rings is 1. The molecule has 0 radical (unpaired) electrons. The first-order valence-electron chi connectivity index (χ1n) is 10.7. The van der Waals surface area contributed by atoms with Crippen LogP contribution in [0.3, 0.4) is 0 Å². The number of para-hydroxylation sites is 2. The maximum Gasteiger partial charge on any atom is 0.349 e. The summed E-state index contributed by atoms with van der Waals surface area (Å²) in [7, 11) is 0. The van der Waals surface area contributed by atoms with E-state index in [9.17, 15) is 14.0 Å². The van der Waals surface area contributed by atoms with Crippen molar-refractivity contribution in [2.24, 2.45) is 0 Å². The quantitative estimate of drug-likeness (QED) is 0.347. The molecule has 1 aliphatic rings. The SMILES string of the molecule is O=C(OCc1csc(COc2ccc(F)cc2)n1)[C@@H]1CN(C(=O)c2ccco2)c2ccccc2O1. The van der Waals surface area contributed by atoms with E-state index in [-0.39, 0.29) is 37.2 Å². The van der Waals surface area contributed by atoms with Gasteiger partial charge in [-0.3, -0.25) is 9.69 Å². The van der Waals surface area contributed by atoms with Crippen molar-refractivity contribution < 1.29 is 32.6 Å². The molecule has 0 fully saturated rings. The third-order valence-corrected chi connectivity index (χ3v) is 6.02. The zero-order valence-electron chi connectivity index (χ0n) is 18.3. The second kappa shape index (κ2) is 9.98. The second-order valence-electron chi connectivity index (χ2n) is 7.55. The Bertz CT molecular complexity index is 1320. The minimum Gasteiger partial charge on any atom is -0.486 e. The summed E-state index contributed by atoms with van der Waals surface area (Å²) < 4.78 is 35.1. The van der Waals surface area contributed by atoms with E-state index in [2.05, 4.69) is 4.98 Å². The molecule has 8 nitrogen and oxygen atoms in total. The molecular formula is C25H19FN2O6S. The van der Waals surface area contributed by atoms with Crippen LogP contribution in [0.25, 0.3) is 0 Å². The molecule has 3 heterocycles. The van der Waals surface area contributed by atoms with Crippen molar-refractivity contribution in [2.45, 2.75) is 19.3 Å². The Balaban J connectivity index is 1.20. The Kier molecular flexibility index (Phi) is 6.44. The molecule has 35 heavy (non-hydrogen) atoms. The summed E-state index contributed by atoms with van der Waals surface area (Å²) in [4.78, 5) is 31.6. The average molecular weight is 495 g/mol. The van der Waals surface area contributed by atoms with E-state index in [1.807, 2.05) is 0 Å². The van der Waals surface area contributed by atoms with Gasteiger partial charge in [-0.2, -0.15) is 0 Å². The molecule has 0 saturated carbocycles. The monoisotopic (exact) mass is 494 g/mol. The van der Waals surface area contributed by atoms with Crippen LogP contribution in [0.15, 0.2) is 76.7 Å². The third-order valence-electron chi connectivity index (χ3n) is 5.15. The third kappa shape index (κ3) is 5.17. The number of hydrogen-bond acceptors (Lipinski definition) is 8. The highest BCUT2D eigenvalue weighted by atomic mass is 32.1. The van der Waals surface area contributed by atoms with E-state index in [1.54, 1.807) is 41.8 Å². The predicted octanol–water partition coefficient (Wildman–Crippen LogP) is 4.61. The molecule has 0 N–H and O–H groups in total. The van der Waals surface area contributed by atoms with Gasteiger partial charge in [-0.15, -0.1) is 11.3 Å². The molecule has 4 aromatic rings. The number of nitrogens with zero attached hydrogens (tertiary/aromatic N) is 2. The fourth-order valence-corrected chi connectivity index (χ4v) is 4.17. The normalized spacial score (nSPS) is 14.7. The fourth-order valence-electron chi connectivity index (χ4n) is 3.48. The molecule has 1 atom stereocenters. The van der Waals surface area contributed by atoms with E-state index in [0.717, 1.165) is 0 Å². The molecular weight excluding hydrogens is 475 g/mol.